The zero-order valence-electron chi connectivity index (χ0n) is 23.9. The molecule has 9 heteroatoms. The van der Waals surface area contributed by atoms with Gasteiger partial charge >= 0.3 is 0 Å². The largest absolute Gasteiger partial charge is 0.496 e. The Labute approximate surface area is 233 Å². The molecule has 0 saturated carbocycles. The lowest BCUT2D eigenvalue weighted by atomic mass is 9.97. The standard InChI is InChI=1S/C31H35F2N5O2/c1-18-24(9-8-10-25(18)30(32)33)19(2)34-31-26-17-23(11-13-27(26)35-20(3)36-31)38(6)22-12-14-28(40-7)21(15-22)16-29(39)37(4)5/h8-15,17,19,30H,16H2,1-7H3,(H,34,35,36)/t19-/m1/s1. The van der Waals surface area contributed by atoms with E-state index in [4.69, 9.17) is 4.74 Å². The molecule has 4 rings (SSSR count). The quantitative estimate of drug-likeness (QED) is 0.250. The first-order chi connectivity index (χ1) is 19.0. The number of amides is 1. The maximum atomic E-state index is 13.5. The lowest BCUT2D eigenvalue weighted by Crippen LogP contribution is -2.23. The number of alkyl halides is 2. The monoisotopic (exact) mass is 547 g/mol. The van der Waals surface area contributed by atoms with Crippen molar-refractivity contribution in [2.24, 2.45) is 0 Å². The maximum Gasteiger partial charge on any atom is 0.264 e. The number of carbonyl (C=O) groups is 1. The average molecular weight is 548 g/mol. The van der Waals surface area contributed by atoms with Crippen molar-refractivity contribution in [2.75, 3.05) is 38.5 Å². The molecule has 1 N–H and O–H groups in total. The Morgan fingerprint density at radius 2 is 1.65 bits per heavy atom. The van der Waals surface area contributed by atoms with Gasteiger partial charge in [-0.15, -0.1) is 0 Å². The highest BCUT2D eigenvalue weighted by Crippen LogP contribution is 2.34. The predicted octanol–water partition coefficient (Wildman–Crippen LogP) is 6.76. The first-order valence-electron chi connectivity index (χ1n) is 13.0. The van der Waals surface area contributed by atoms with Crippen LogP contribution >= 0.6 is 0 Å². The molecule has 210 valence electrons. The van der Waals surface area contributed by atoms with E-state index in [-0.39, 0.29) is 23.9 Å². The van der Waals surface area contributed by atoms with E-state index >= 15 is 0 Å². The number of methoxy groups -OCH3 is 1. The fourth-order valence-corrected chi connectivity index (χ4v) is 4.79. The predicted molar refractivity (Wildman–Crippen MR) is 156 cm³/mol. The summed E-state index contributed by atoms with van der Waals surface area (Å²) in [5, 5.41) is 4.24. The van der Waals surface area contributed by atoms with Crippen LogP contribution in [0.5, 0.6) is 5.75 Å². The van der Waals surface area contributed by atoms with Gasteiger partial charge in [0.2, 0.25) is 5.91 Å². The van der Waals surface area contributed by atoms with Gasteiger partial charge in [-0.2, -0.15) is 0 Å². The summed E-state index contributed by atoms with van der Waals surface area (Å²) in [7, 11) is 7.00. The molecule has 3 aromatic carbocycles. The summed E-state index contributed by atoms with van der Waals surface area (Å²) >= 11 is 0. The summed E-state index contributed by atoms with van der Waals surface area (Å²) in [5.41, 5.74) is 4.72. The lowest BCUT2D eigenvalue weighted by molar-refractivity contribution is -0.127. The minimum absolute atomic E-state index is 0.0181. The van der Waals surface area contributed by atoms with E-state index in [9.17, 15) is 13.6 Å². The van der Waals surface area contributed by atoms with Gasteiger partial charge < -0.3 is 19.9 Å². The first-order valence-corrected chi connectivity index (χ1v) is 13.0. The van der Waals surface area contributed by atoms with Crippen molar-refractivity contribution in [2.45, 2.75) is 39.7 Å². The van der Waals surface area contributed by atoms with Crippen LogP contribution in [-0.4, -0.2) is 49.0 Å². The summed E-state index contributed by atoms with van der Waals surface area (Å²) in [6, 6.07) is 16.4. The molecule has 0 aliphatic heterocycles. The topological polar surface area (TPSA) is 70.6 Å². The van der Waals surface area contributed by atoms with E-state index in [0.29, 0.717) is 23.0 Å². The number of hydrogen-bond acceptors (Lipinski definition) is 6. The highest BCUT2D eigenvalue weighted by Gasteiger charge is 2.19. The van der Waals surface area contributed by atoms with Gasteiger partial charge in [0.1, 0.15) is 17.4 Å². The van der Waals surface area contributed by atoms with E-state index in [1.54, 1.807) is 39.1 Å². The Hall–Kier alpha value is -4.27. The van der Waals surface area contributed by atoms with Crippen LogP contribution in [0.2, 0.25) is 0 Å². The molecule has 0 spiro atoms. The van der Waals surface area contributed by atoms with E-state index in [1.165, 1.54) is 6.07 Å². The number of aryl methyl sites for hydroxylation is 1. The Bertz CT molecular complexity index is 1540. The van der Waals surface area contributed by atoms with Gasteiger partial charge in [0, 0.05) is 49.0 Å². The molecule has 0 aliphatic rings. The third-order valence-corrected chi connectivity index (χ3v) is 7.14. The molecule has 1 atom stereocenters. The zero-order chi connectivity index (χ0) is 29.1. The number of carbonyl (C=O) groups excluding carboxylic acids is 1. The second-order valence-electron chi connectivity index (χ2n) is 10.1. The summed E-state index contributed by atoms with van der Waals surface area (Å²) in [5.74, 6) is 1.86. The Morgan fingerprint density at radius 3 is 2.33 bits per heavy atom. The molecule has 0 radical (unpaired) electrons. The van der Waals surface area contributed by atoms with Crippen molar-refractivity contribution in [1.29, 1.82) is 0 Å². The molecule has 1 aromatic heterocycles. The van der Waals surface area contributed by atoms with Crippen LogP contribution in [0.4, 0.5) is 26.0 Å². The SMILES string of the molecule is COc1ccc(N(C)c2ccc3nc(C)nc(N[C@H](C)c4cccc(C(F)F)c4C)c3c2)cc1CC(=O)N(C)C. The van der Waals surface area contributed by atoms with Gasteiger partial charge in [0.05, 0.1) is 25.1 Å². The Balaban J connectivity index is 1.70. The number of aromatic nitrogens is 2. The van der Waals surface area contributed by atoms with E-state index in [0.717, 1.165) is 33.4 Å². The molecule has 1 heterocycles. The minimum Gasteiger partial charge on any atom is -0.496 e. The number of anilines is 3. The number of halogens is 2. The Morgan fingerprint density at radius 1 is 0.975 bits per heavy atom. The number of ether oxygens (including phenoxy) is 1. The highest BCUT2D eigenvalue weighted by molar-refractivity contribution is 5.92. The fourth-order valence-electron chi connectivity index (χ4n) is 4.79. The van der Waals surface area contributed by atoms with E-state index < -0.39 is 6.43 Å². The van der Waals surface area contributed by atoms with Gasteiger partial charge in [-0.25, -0.2) is 18.7 Å². The molecule has 0 aliphatic carbocycles. The normalized spacial score (nSPS) is 11.9. The number of likely N-dealkylation sites (N-methyl/N-ethyl adjacent to an activating group) is 1. The van der Waals surface area contributed by atoms with Crippen LogP contribution < -0.4 is 15.0 Å². The van der Waals surface area contributed by atoms with Crippen LogP contribution in [0, 0.1) is 13.8 Å². The summed E-state index contributed by atoms with van der Waals surface area (Å²) in [6.07, 6.45) is -2.31. The molecule has 0 saturated heterocycles. The molecule has 7 nitrogen and oxygen atoms in total. The fraction of sp³-hybridized carbons (Fsp3) is 0.323. The summed E-state index contributed by atoms with van der Waals surface area (Å²) in [6.45, 7) is 5.48. The first kappa shape index (κ1) is 28.7. The van der Waals surface area contributed by atoms with Crippen molar-refractivity contribution in [3.63, 3.8) is 0 Å². The minimum atomic E-state index is -2.54. The van der Waals surface area contributed by atoms with Crippen molar-refractivity contribution in [3.8, 4) is 5.75 Å². The third kappa shape index (κ3) is 5.98. The van der Waals surface area contributed by atoms with Gasteiger partial charge in [0.15, 0.2) is 0 Å². The molecule has 0 bridgehead atoms. The summed E-state index contributed by atoms with van der Waals surface area (Å²) < 4.78 is 32.5. The van der Waals surface area contributed by atoms with Crippen molar-refractivity contribution >= 4 is 34.0 Å². The molecular weight excluding hydrogens is 512 g/mol. The van der Waals surface area contributed by atoms with Crippen LogP contribution in [0.25, 0.3) is 10.9 Å². The molecular formula is C31H35F2N5O2. The van der Waals surface area contributed by atoms with Gasteiger partial charge in [-0.05, 0) is 68.3 Å². The molecule has 1 amide bonds. The number of nitrogens with zero attached hydrogens (tertiary/aromatic N) is 4. The lowest BCUT2D eigenvalue weighted by Gasteiger charge is -2.23. The van der Waals surface area contributed by atoms with Crippen LogP contribution in [0.1, 0.15) is 47.5 Å². The van der Waals surface area contributed by atoms with E-state index in [1.807, 2.05) is 68.3 Å². The van der Waals surface area contributed by atoms with Crippen molar-refractivity contribution in [3.05, 3.63) is 82.7 Å². The highest BCUT2D eigenvalue weighted by atomic mass is 19.3. The number of fused-ring (bicyclic) bond motifs is 1. The van der Waals surface area contributed by atoms with Gasteiger partial charge in [-0.3, -0.25) is 4.79 Å². The molecule has 0 unspecified atom stereocenters. The number of hydrogen-bond donors (Lipinski definition) is 1. The molecule has 4 aromatic rings. The van der Waals surface area contributed by atoms with Crippen LogP contribution in [0.3, 0.4) is 0 Å². The number of rotatable bonds is 9. The average Bonchev–Trinajstić information content (AvgIpc) is 2.92. The second-order valence-corrected chi connectivity index (χ2v) is 10.1. The van der Waals surface area contributed by atoms with Gasteiger partial charge in [0.25, 0.3) is 6.43 Å². The smallest absolute Gasteiger partial charge is 0.264 e. The third-order valence-electron chi connectivity index (χ3n) is 7.14. The van der Waals surface area contributed by atoms with E-state index in [2.05, 4.69) is 15.3 Å². The number of nitrogens with one attached hydrogen (secondary N) is 1. The van der Waals surface area contributed by atoms with Crippen molar-refractivity contribution < 1.29 is 18.3 Å². The van der Waals surface area contributed by atoms with Crippen LogP contribution in [0.15, 0.2) is 54.6 Å². The maximum absolute atomic E-state index is 13.5. The molecule has 40 heavy (non-hydrogen) atoms. The van der Waals surface area contributed by atoms with Crippen molar-refractivity contribution in [1.82, 2.24) is 14.9 Å². The second kappa shape index (κ2) is 11.9. The van der Waals surface area contributed by atoms with Gasteiger partial charge in [-0.1, -0.05) is 18.2 Å². The Kier molecular flexibility index (Phi) is 8.52. The number of benzene rings is 3. The molecule has 0 fully saturated rings. The summed E-state index contributed by atoms with van der Waals surface area (Å²) in [4.78, 5) is 25.3. The zero-order valence-corrected chi connectivity index (χ0v) is 23.9. The van der Waals surface area contributed by atoms with Crippen LogP contribution in [-0.2, 0) is 11.2 Å².